The summed E-state index contributed by atoms with van der Waals surface area (Å²) in [4.78, 5) is 2.08. The van der Waals surface area contributed by atoms with Crippen LogP contribution in [0.3, 0.4) is 0 Å². The van der Waals surface area contributed by atoms with Gasteiger partial charge in [0.1, 0.15) is 9.96 Å². The maximum absolute atomic E-state index is 12.7. The zero-order valence-corrected chi connectivity index (χ0v) is 16.8. The van der Waals surface area contributed by atoms with E-state index in [9.17, 15) is 13.5 Å². The predicted octanol–water partition coefficient (Wildman–Crippen LogP) is 3.49. The molecule has 0 radical (unpaired) electrons. The minimum atomic E-state index is -3.46. The molecule has 5 nitrogen and oxygen atoms in total. The number of hydrogen-bond acceptors (Lipinski definition) is 5. The number of hydrogen-bond donors (Lipinski definition) is 1. The van der Waals surface area contributed by atoms with Crippen LogP contribution in [0.2, 0.25) is 0 Å². The molecule has 1 aromatic heterocycles. The number of thiophene rings is 1. The van der Waals surface area contributed by atoms with E-state index in [4.69, 9.17) is 0 Å². The number of piperazine rings is 1. The van der Waals surface area contributed by atoms with Crippen LogP contribution in [0.25, 0.3) is 0 Å². The van der Waals surface area contributed by atoms with Gasteiger partial charge in [0.05, 0.1) is 3.79 Å². The van der Waals surface area contributed by atoms with Gasteiger partial charge in [0.25, 0.3) is 10.0 Å². The van der Waals surface area contributed by atoms with Crippen LogP contribution in [-0.2, 0) is 10.0 Å². The number of phenols is 1. The van der Waals surface area contributed by atoms with Gasteiger partial charge in [-0.2, -0.15) is 4.31 Å². The van der Waals surface area contributed by atoms with E-state index in [0.29, 0.717) is 30.4 Å². The average molecular weight is 482 g/mol. The first-order valence-corrected chi connectivity index (χ1v) is 10.7. The van der Waals surface area contributed by atoms with Crippen LogP contribution in [0.1, 0.15) is 0 Å². The lowest BCUT2D eigenvalue weighted by molar-refractivity contribution is 0.385. The van der Waals surface area contributed by atoms with Crippen LogP contribution in [0.5, 0.6) is 5.75 Å². The molecule has 3 rings (SSSR count). The number of halogens is 2. The van der Waals surface area contributed by atoms with Crippen molar-refractivity contribution in [1.29, 1.82) is 0 Å². The third-order valence-corrected chi connectivity index (χ3v) is 9.25. The maximum atomic E-state index is 12.7. The molecular weight excluding hydrogens is 468 g/mol. The topological polar surface area (TPSA) is 60.9 Å². The Balaban J connectivity index is 1.73. The van der Waals surface area contributed by atoms with Gasteiger partial charge in [-0.15, -0.1) is 11.3 Å². The SMILES string of the molecule is O=S(=O)(c1cc(Br)c(Br)s1)N1CCN(c2cccc(O)c2)CC1. The number of benzene rings is 1. The summed E-state index contributed by atoms with van der Waals surface area (Å²) in [5.41, 5.74) is 0.906. The molecule has 1 aromatic carbocycles. The van der Waals surface area contributed by atoms with Crippen molar-refractivity contribution in [3.8, 4) is 5.75 Å². The highest BCUT2D eigenvalue weighted by Gasteiger charge is 2.30. The third-order valence-electron chi connectivity index (χ3n) is 3.65. The first-order chi connectivity index (χ1) is 10.9. The molecule has 0 spiro atoms. The monoisotopic (exact) mass is 480 g/mol. The lowest BCUT2D eigenvalue weighted by Gasteiger charge is -2.35. The molecule has 2 aromatic rings. The lowest BCUT2D eigenvalue weighted by atomic mass is 10.2. The van der Waals surface area contributed by atoms with Crippen molar-refractivity contribution >= 4 is 58.9 Å². The number of sulfonamides is 1. The third kappa shape index (κ3) is 3.58. The van der Waals surface area contributed by atoms with E-state index in [-0.39, 0.29) is 5.75 Å². The summed E-state index contributed by atoms with van der Waals surface area (Å²) in [7, 11) is -3.46. The molecule has 1 saturated heterocycles. The Bertz CT molecular complexity index is 796. The van der Waals surface area contributed by atoms with Crippen molar-refractivity contribution in [3.63, 3.8) is 0 Å². The maximum Gasteiger partial charge on any atom is 0.252 e. The molecule has 124 valence electrons. The number of anilines is 1. The van der Waals surface area contributed by atoms with Crippen molar-refractivity contribution in [2.75, 3.05) is 31.1 Å². The van der Waals surface area contributed by atoms with Gasteiger partial charge in [-0.1, -0.05) is 6.07 Å². The Morgan fingerprint density at radius 1 is 1.09 bits per heavy atom. The molecule has 1 aliphatic heterocycles. The second kappa shape index (κ2) is 6.72. The second-order valence-corrected chi connectivity index (χ2v) is 10.5. The fourth-order valence-corrected chi connectivity index (χ4v) is 6.85. The van der Waals surface area contributed by atoms with Gasteiger partial charge in [-0.3, -0.25) is 0 Å². The Morgan fingerprint density at radius 2 is 1.78 bits per heavy atom. The highest BCUT2D eigenvalue weighted by Crippen LogP contribution is 2.36. The summed E-state index contributed by atoms with van der Waals surface area (Å²) >= 11 is 7.87. The molecule has 2 heterocycles. The van der Waals surface area contributed by atoms with Crippen LogP contribution in [0.15, 0.2) is 42.8 Å². The van der Waals surface area contributed by atoms with Crippen LogP contribution >= 0.6 is 43.2 Å². The molecule has 1 fully saturated rings. The fourth-order valence-electron chi connectivity index (χ4n) is 2.46. The normalized spacial score (nSPS) is 16.7. The highest BCUT2D eigenvalue weighted by atomic mass is 79.9. The largest absolute Gasteiger partial charge is 0.508 e. The fraction of sp³-hybridized carbons (Fsp3) is 0.286. The zero-order chi connectivity index (χ0) is 16.6. The molecule has 23 heavy (non-hydrogen) atoms. The van der Waals surface area contributed by atoms with Crippen molar-refractivity contribution in [3.05, 3.63) is 38.6 Å². The van der Waals surface area contributed by atoms with Gasteiger partial charge >= 0.3 is 0 Å². The van der Waals surface area contributed by atoms with Gasteiger partial charge in [-0.25, -0.2) is 8.42 Å². The van der Waals surface area contributed by atoms with Gasteiger partial charge < -0.3 is 10.0 Å². The summed E-state index contributed by atoms with van der Waals surface area (Å²) in [5.74, 6) is 0.214. The molecule has 1 aliphatic rings. The van der Waals surface area contributed by atoms with Crippen molar-refractivity contribution in [2.24, 2.45) is 0 Å². The highest BCUT2D eigenvalue weighted by molar-refractivity contribution is 9.13. The summed E-state index contributed by atoms with van der Waals surface area (Å²) in [5, 5.41) is 9.56. The Hall–Kier alpha value is -0.610. The Kier molecular flexibility index (Phi) is 5.03. The van der Waals surface area contributed by atoms with Gasteiger partial charge in [-0.05, 0) is 50.1 Å². The summed E-state index contributed by atoms with van der Waals surface area (Å²) < 4.78 is 28.7. The van der Waals surface area contributed by atoms with E-state index >= 15 is 0 Å². The van der Waals surface area contributed by atoms with Crippen LogP contribution in [0.4, 0.5) is 5.69 Å². The van der Waals surface area contributed by atoms with E-state index in [1.807, 2.05) is 6.07 Å². The first kappa shape index (κ1) is 17.2. The Labute approximate surface area is 155 Å². The van der Waals surface area contributed by atoms with Crippen LogP contribution in [-0.4, -0.2) is 44.0 Å². The summed E-state index contributed by atoms with van der Waals surface area (Å²) in [6, 6.07) is 8.64. The number of aromatic hydroxyl groups is 1. The summed E-state index contributed by atoms with van der Waals surface area (Å²) in [6.07, 6.45) is 0. The van der Waals surface area contributed by atoms with Gasteiger partial charge in [0, 0.05) is 42.4 Å². The molecule has 0 aliphatic carbocycles. The summed E-state index contributed by atoms with van der Waals surface area (Å²) in [6.45, 7) is 2.03. The quantitative estimate of drug-likeness (QED) is 0.728. The number of rotatable bonds is 3. The van der Waals surface area contributed by atoms with Crippen molar-refractivity contribution in [2.45, 2.75) is 4.21 Å². The second-order valence-electron chi connectivity index (χ2n) is 5.10. The predicted molar refractivity (Wildman–Crippen MR) is 98.8 cm³/mol. The van der Waals surface area contributed by atoms with E-state index in [2.05, 4.69) is 36.8 Å². The Morgan fingerprint density at radius 3 is 2.35 bits per heavy atom. The molecule has 9 heteroatoms. The molecule has 0 bridgehead atoms. The molecular formula is C14H14Br2N2O3S2. The van der Waals surface area contributed by atoms with Gasteiger partial charge in [0.15, 0.2) is 0 Å². The molecule has 0 saturated carbocycles. The number of phenolic OH excluding ortho intramolecular Hbond substituents is 1. The average Bonchev–Trinajstić information content (AvgIpc) is 2.88. The van der Waals surface area contributed by atoms with E-state index in [1.165, 1.54) is 15.6 Å². The van der Waals surface area contributed by atoms with Gasteiger partial charge in [0.2, 0.25) is 0 Å². The first-order valence-electron chi connectivity index (χ1n) is 6.87. The molecule has 0 atom stereocenters. The van der Waals surface area contributed by atoms with Crippen LogP contribution in [0, 0.1) is 0 Å². The zero-order valence-electron chi connectivity index (χ0n) is 11.9. The minimum absolute atomic E-state index is 0.214. The van der Waals surface area contributed by atoms with Crippen molar-refractivity contribution in [1.82, 2.24) is 4.31 Å². The molecule has 0 amide bonds. The van der Waals surface area contributed by atoms with E-state index in [1.54, 1.807) is 24.3 Å². The number of nitrogens with zero attached hydrogens (tertiary/aromatic N) is 2. The molecule has 1 N–H and O–H groups in total. The van der Waals surface area contributed by atoms with Crippen LogP contribution < -0.4 is 4.90 Å². The standard InChI is InChI=1S/C14H14Br2N2O3S2/c15-12-9-13(22-14(12)16)23(20,21)18-6-4-17(5-7-18)10-2-1-3-11(19)8-10/h1-3,8-9,19H,4-7H2. The minimum Gasteiger partial charge on any atom is -0.508 e. The van der Waals surface area contributed by atoms with Crippen molar-refractivity contribution < 1.29 is 13.5 Å². The smallest absolute Gasteiger partial charge is 0.252 e. The van der Waals surface area contributed by atoms with E-state index < -0.39 is 10.0 Å². The van der Waals surface area contributed by atoms with E-state index in [0.717, 1.165) is 13.9 Å². The lowest BCUT2D eigenvalue weighted by Crippen LogP contribution is -2.48. The molecule has 0 unspecified atom stereocenters.